The molecule has 1 atom stereocenters. The number of benzene rings is 2. The molecule has 122 valence electrons. The van der Waals surface area contributed by atoms with Crippen LogP contribution < -0.4 is 10.1 Å². The zero-order chi connectivity index (χ0) is 16.8. The van der Waals surface area contributed by atoms with E-state index in [0.717, 1.165) is 4.90 Å². The van der Waals surface area contributed by atoms with E-state index in [1.807, 2.05) is 18.4 Å². The summed E-state index contributed by atoms with van der Waals surface area (Å²) in [4.78, 5) is 13.3. The van der Waals surface area contributed by atoms with Crippen molar-refractivity contribution in [2.75, 3.05) is 6.26 Å². The molecular weight excluding hydrogens is 320 g/mol. The zero-order valence-electron chi connectivity index (χ0n) is 12.8. The molecule has 0 aliphatic heterocycles. The number of carbonyl (C=O) groups is 1. The summed E-state index contributed by atoms with van der Waals surface area (Å²) < 4.78 is 28.9. The zero-order valence-corrected chi connectivity index (χ0v) is 13.6. The number of carbonyl (C=O) groups excluding carboxylic acids is 1. The van der Waals surface area contributed by atoms with Crippen molar-refractivity contribution in [3.8, 4) is 5.75 Å². The standard InChI is InChI=1S/C17H17F2NO2S/c1-11(13-4-3-5-14(10-13)22-17(18)19)20-16(21)12-6-8-15(23-2)9-7-12/h3-11,17H,1-2H3,(H,20,21). The smallest absolute Gasteiger partial charge is 0.387 e. The van der Waals surface area contributed by atoms with Crippen LogP contribution in [0.1, 0.15) is 28.9 Å². The van der Waals surface area contributed by atoms with Crippen LogP contribution in [0.4, 0.5) is 8.78 Å². The second kappa shape index (κ2) is 7.97. The van der Waals surface area contributed by atoms with Crippen LogP contribution in [0.2, 0.25) is 0 Å². The number of hydrogen-bond donors (Lipinski definition) is 1. The van der Waals surface area contributed by atoms with Crippen LogP contribution in [0.3, 0.4) is 0 Å². The summed E-state index contributed by atoms with van der Waals surface area (Å²) in [6.45, 7) is -1.08. The Labute approximate surface area is 138 Å². The normalized spacial score (nSPS) is 12.0. The molecule has 2 rings (SSSR count). The molecule has 3 nitrogen and oxygen atoms in total. The van der Waals surface area contributed by atoms with Crippen molar-refractivity contribution in [2.45, 2.75) is 24.5 Å². The van der Waals surface area contributed by atoms with Crippen LogP contribution in [0.15, 0.2) is 53.4 Å². The van der Waals surface area contributed by atoms with Crippen molar-refractivity contribution in [3.63, 3.8) is 0 Å². The van der Waals surface area contributed by atoms with E-state index in [4.69, 9.17) is 0 Å². The molecule has 0 fully saturated rings. The van der Waals surface area contributed by atoms with Gasteiger partial charge in [0, 0.05) is 10.5 Å². The average molecular weight is 337 g/mol. The summed E-state index contributed by atoms with van der Waals surface area (Å²) in [5.41, 5.74) is 1.24. The fraction of sp³-hybridized carbons (Fsp3) is 0.235. The Bertz CT molecular complexity index is 662. The molecule has 2 aromatic carbocycles. The molecule has 0 spiro atoms. The van der Waals surface area contributed by atoms with E-state index < -0.39 is 6.61 Å². The Balaban J connectivity index is 2.05. The molecule has 0 saturated carbocycles. The predicted molar refractivity (Wildman–Crippen MR) is 87.2 cm³/mol. The van der Waals surface area contributed by atoms with E-state index in [1.165, 1.54) is 12.1 Å². The number of alkyl halides is 2. The second-order valence-corrected chi connectivity index (χ2v) is 5.75. The van der Waals surface area contributed by atoms with Gasteiger partial charge < -0.3 is 10.1 Å². The molecule has 1 N–H and O–H groups in total. The molecule has 2 aromatic rings. The summed E-state index contributed by atoms with van der Waals surface area (Å²) in [5, 5.41) is 2.84. The first-order valence-electron chi connectivity index (χ1n) is 6.99. The van der Waals surface area contributed by atoms with E-state index in [0.29, 0.717) is 11.1 Å². The molecule has 0 bridgehead atoms. The van der Waals surface area contributed by atoms with E-state index in [-0.39, 0.29) is 17.7 Å². The molecule has 1 amide bonds. The first kappa shape index (κ1) is 17.3. The summed E-state index contributed by atoms with van der Waals surface area (Å²) in [5.74, 6) is -0.145. The van der Waals surface area contributed by atoms with E-state index in [2.05, 4.69) is 10.1 Å². The molecule has 0 radical (unpaired) electrons. The maximum Gasteiger partial charge on any atom is 0.387 e. The first-order chi connectivity index (χ1) is 11.0. The highest BCUT2D eigenvalue weighted by molar-refractivity contribution is 7.98. The van der Waals surface area contributed by atoms with E-state index in [9.17, 15) is 13.6 Å². The van der Waals surface area contributed by atoms with Crippen LogP contribution in [0.25, 0.3) is 0 Å². The van der Waals surface area contributed by atoms with Crippen molar-refractivity contribution < 1.29 is 18.3 Å². The summed E-state index contributed by atoms with van der Waals surface area (Å²) in [6, 6.07) is 13.2. The number of rotatable bonds is 6. The lowest BCUT2D eigenvalue weighted by Gasteiger charge is -2.15. The maximum atomic E-state index is 12.3. The van der Waals surface area contributed by atoms with Gasteiger partial charge in [0.1, 0.15) is 5.75 Å². The van der Waals surface area contributed by atoms with Gasteiger partial charge >= 0.3 is 6.61 Å². The highest BCUT2D eigenvalue weighted by atomic mass is 32.2. The molecule has 0 aliphatic carbocycles. The minimum absolute atomic E-state index is 0.0722. The number of nitrogens with one attached hydrogen (secondary N) is 1. The van der Waals surface area contributed by atoms with Crippen LogP contribution in [-0.2, 0) is 0 Å². The molecule has 0 saturated heterocycles. The highest BCUT2D eigenvalue weighted by Gasteiger charge is 2.13. The lowest BCUT2D eigenvalue weighted by Crippen LogP contribution is -2.26. The monoisotopic (exact) mass is 337 g/mol. The second-order valence-electron chi connectivity index (χ2n) is 4.87. The van der Waals surface area contributed by atoms with Crippen molar-refractivity contribution in [3.05, 3.63) is 59.7 Å². The van der Waals surface area contributed by atoms with Crippen molar-refractivity contribution in [1.29, 1.82) is 0 Å². The van der Waals surface area contributed by atoms with Gasteiger partial charge in [-0.05, 0) is 55.1 Å². The SMILES string of the molecule is CSc1ccc(C(=O)NC(C)c2cccc(OC(F)F)c2)cc1. The quantitative estimate of drug-likeness (QED) is 0.789. The van der Waals surface area contributed by atoms with Crippen LogP contribution >= 0.6 is 11.8 Å². The minimum Gasteiger partial charge on any atom is -0.435 e. The van der Waals surface area contributed by atoms with Gasteiger partial charge in [-0.1, -0.05) is 12.1 Å². The molecule has 0 aromatic heterocycles. The van der Waals surface area contributed by atoms with Crippen molar-refractivity contribution in [1.82, 2.24) is 5.32 Å². The maximum absolute atomic E-state index is 12.3. The topological polar surface area (TPSA) is 38.3 Å². The number of hydrogen-bond acceptors (Lipinski definition) is 3. The largest absolute Gasteiger partial charge is 0.435 e. The fourth-order valence-electron chi connectivity index (χ4n) is 2.07. The van der Waals surface area contributed by atoms with Crippen molar-refractivity contribution in [2.24, 2.45) is 0 Å². The Morgan fingerprint density at radius 2 is 1.87 bits per heavy atom. The van der Waals surface area contributed by atoms with Gasteiger partial charge in [0.2, 0.25) is 0 Å². The minimum atomic E-state index is -2.87. The number of amides is 1. The molecule has 0 aliphatic rings. The highest BCUT2D eigenvalue weighted by Crippen LogP contribution is 2.21. The summed E-state index contributed by atoms with van der Waals surface area (Å²) >= 11 is 1.60. The van der Waals surface area contributed by atoms with Gasteiger partial charge in [-0.25, -0.2) is 0 Å². The Hall–Kier alpha value is -2.08. The van der Waals surface area contributed by atoms with E-state index >= 15 is 0 Å². The van der Waals surface area contributed by atoms with E-state index in [1.54, 1.807) is 43.0 Å². The number of thioether (sulfide) groups is 1. The molecule has 23 heavy (non-hydrogen) atoms. The van der Waals surface area contributed by atoms with Gasteiger partial charge in [0.15, 0.2) is 0 Å². The number of ether oxygens (including phenoxy) is 1. The first-order valence-corrected chi connectivity index (χ1v) is 8.21. The Kier molecular flexibility index (Phi) is 5.98. The van der Waals surface area contributed by atoms with Gasteiger partial charge in [0.25, 0.3) is 5.91 Å². The van der Waals surface area contributed by atoms with Crippen LogP contribution in [0, 0.1) is 0 Å². The van der Waals surface area contributed by atoms with Gasteiger partial charge in [-0.15, -0.1) is 11.8 Å². The molecule has 1 unspecified atom stereocenters. The molecule has 6 heteroatoms. The third kappa shape index (κ3) is 4.96. The fourth-order valence-corrected chi connectivity index (χ4v) is 2.47. The van der Waals surface area contributed by atoms with Gasteiger partial charge in [-0.2, -0.15) is 8.78 Å². The van der Waals surface area contributed by atoms with Gasteiger partial charge in [0.05, 0.1) is 6.04 Å². The predicted octanol–water partition coefficient (Wildman–Crippen LogP) is 4.50. The lowest BCUT2D eigenvalue weighted by atomic mass is 10.1. The average Bonchev–Trinajstić information content (AvgIpc) is 2.54. The molecular formula is C17H17F2NO2S. The molecule has 0 heterocycles. The number of halogens is 2. The third-order valence-electron chi connectivity index (χ3n) is 3.28. The van der Waals surface area contributed by atoms with Crippen LogP contribution in [-0.4, -0.2) is 18.8 Å². The van der Waals surface area contributed by atoms with Gasteiger partial charge in [-0.3, -0.25) is 4.79 Å². The third-order valence-corrected chi connectivity index (χ3v) is 4.03. The summed E-state index contributed by atoms with van der Waals surface area (Å²) in [7, 11) is 0. The van der Waals surface area contributed by atoms with Crippen molar-refractivity contribution >= 4 is 17.7 Å². The van der Waals surface area contributed by atoms with Crippen LogP contribution in [0.5, 0.6) is 5.75 Å². The Morgan fingerprint density at radius 1 is 1.17 bits per heavy atom. The Morgan fingerprint density at radius 3 is 2.48 bits per heavy atom. The lowest BCUT2D eigenvalue weighted by molar-refractivity contribution is -0.0499. The summed E-state index contributed by atoms with van der Waals surface area (Å²) in [6.07, 6.45) is 1.96.